The van der Waals surface area contributed by atoms with Gasteiger partial charge in [-0.15, -0.1) is 0 Å². The molecule has 2 aromatic rings. The molecule has 6 heteroatoms. The summed E-state index contributed by atoms with van der Waals surface area (Å²) in [5.74, 6) is 1.59. The van der Waals surface area contributed by atoms with Crippen molar-refractivity contribution in [2.24, 2.45) is 4.99 Å². The average molecular weight is 383 g/mol. The van der Waals surface area contributed by atoms with Gasteiger partial charge < -0.3 is 20.7 Å². The Kier molecular flexibility index (Phi) is 8.34. The number of aliphatic imine (C=N–C) groups is 1. The van der Waals surface area contributed by atoms with Crippen molar-refractivity contribution in [3.05, 3.63) is 59.2 Å². The number of aryl methyl sites for hydroxylation is 1. The zero-order chi connectivity index (χ0) is 20.4. The van der Waals surface area contributed by atoms with Crippen LogP contribution < -0.4 is 20.7 Å². The number of amides is 1. The van der Waals surface area contributed by atoms with Gasteiger partial charge in [-0.1, -0.05) is 24.3 Å². The third-order valence-electron chi connectivity index (χ3n) is 4.17. The number of nitrogens with one attached hydrogen (secondary N) is 3. The third kappa shape index (κ3) is 6.95. The average Bonchev–Trinajstić information content (AvgIpc) is 2.67. The molecule has 0 aliphatic heterocycles. The Morgan fingerprint density at radius 2 is 1.86 bits per heavy atom. The molecule has 3 N–H and O–H groups in total. The van der Waals surface area contributed by atoms with E-state index in [1.807, 2.05) is 31.2 Å². The molecule has 0 unspecified atom stereocenters. The minimum atomic E-state index is -0.0645. The molecule has 0 aromatic heterocycles. The predicted molar refractivity (Wildman–Crippen MR) is 115 cm³/mol. The number of guanidine groups is 1. The Labute approximate surface area is 167 Å². The fourth-order valence-corrected chi connectivity index (χ4v) is 2.78. The summed E-state index contributed by atoms with van der Waals surface area (Å²) < 4.78 is 5.73. The first kappa shape index (κ1) is 21.3. The van der Waals surface area contributed by atoms with Crippen molar-refractivity contribution >= 4 is 17.6 Å². The number of rotatable bonds is 8. The van der Waals surface area contributed by atoms with Crippen LogP contribution in [0.15, 0.2) is 47.5 Å². The molecule has 150 valence electrons. The smallest absolute Gasteiger partial charge is 0.221 e. The van der Waals surface area contributed by atoms with E-state index in [1.54, 1.807) is 7.05 Å². The molecule has 0 radical (unpaired) electrons. The van der Waals surface area contributed by atoms with Crippen LogP contribution in [0.2, 0.25) is 0 Å². The van der Waals surface area contributed by atoms with Gasteiger partial charge in [-0.05, 0) is 49.6 Å². The van der Waals surface area contributed by atoms with Crippen LogP contribution in [0.1, 0.15) is 30.5 Å². The number of benzene rings is 2. The lowest BCUT2D eigenvalue weighted by Gasteiger charge is -2.15. The summed E-state index contributed by atoms with van der Waals surface area (Å²) in [5, 5.41) is 9.43. The summed E-state index contributed by atoms with van der Waals surface area (Å²) >= 11 is 0. The largest absolute Gasteiger partial charge is 0.494 e. The van der Waals surface area contributed by atoms with Crippen LogP contribution in [0.5, 0.6) is 5.75 Å². The standard InChI is InChI=1S/C22H30N4O2/c1-5-28-21-14-16(2)6-9-19(21)15-25-22(23-4)24-13-12-18-7-10-20(11-8-18)26-17(3)27/h6-11,14H,5,12-13,15H2,1-4H3,(H,26,27)(H2,23,24,25). The zero-order valence-corrected chi connectivity index (χ0v) is 17.1. The second-order valence-corrected chi connectivity index (χ2v) is 6.52. The monoisotopic (exact) mass is 382 g/mol. The Balaban J connectivity index is 1.83. The van der Waals surface area contributed by atoms with E-state index < -0.39 is 0 Å². The highest BCUT2D eigenvalue weighted by molar-refractivity contribution is 5.88. The van der Waals surface area contributed by atoms with E-state index in [2.05, 4.69) is 46.1 Å². The topological polar surface area (TPSA) is 74.8 Å². The van der Waals surface area contributed by atoms with Gasteiger partial charge in [0.05, 0.1) is 6.61 Å². The van der Waals surface area contributed by atoms with E-state index in [0.717, 1.165) is 35.9 Å². The molecule has 0 aliphatic carbocycles. The first-order valence-electron chi connectivity index (χ1n) is 9.55. The van der Waals surface area contributed by atoms with Gasteiger partial charge in [0, 0.05) is 38.3 Å². The molecule has 0 spiro atoms. The van der Waals surface area contributed by atoms with Crippen molar-refractivity contribution in [3.63, 3.8) is 0 Å². The van der Waals surface area contributed by atoms with Crippen LogP contribution in [0, 0.1) is 6.92 Å². The lowest BCUT2D eigenvalue weighted by atomic mass is 10.1. The molecule has 2 aromatic carbocycles. The summed E-state index contributed by atoms with van der Waals surface area (Å²) in [5.41, 5.74) is 4.28. The molecule has 0 saturated heterocycles. The number of nitrogens with zero attached hydrogens (tertiary/aromatic N) is 1. The number of hydrogen-bond acceptors (Lipinski definition) is 3. The van der Waals surface area contributed by atoms with Crippen molar-refractivity contribution < 1.29 is 9.53 Å². The van der Waals surface area contributed by atoms with Crippen molar-refractivity contribution in [2.45, 2.75) is 33.7 Å². The van der Waals surface area contributed by atoms with E-state index in [-0.39, 0.29) is 5.91 Å². The van der Waals surface area contributed by atoms with Crippen molar-refractivity contribution in [2.75, 3.05) is 25.5 Å². The minimum absolute atomic E-state index is 0.0645. The van der Waals surface area contributed by atoms with E-state index in [4.69, 9.17) is 4.74 Å². The van der Waals surface area contributed by atoms with Gasteiger partial charge in [-0.2, -0.15) is 0 Å². The van der Waals surface area contributed by atoms with E-state index in [1.165, 1.54) is 18.1 Å². The first-order valence-corrected chi connectivity index (χ1v) is 9.55. The first-order chi connectivity index (χ1) is 13.5. The maximum Gasteiger partial charge on any atom is 0.221 e. The maximum absolute atomic E-state index is 11.1. The highest BCUT2D eigenvalue weighted by atomic mass is 16.5. The van der Waals surface area contributed by atoms with Gasteiger partial charge >= 0.3 is 0 Å². The van der Waals surface area contributed by atoms with Crippen LogP contribution in [0.25, 0.3) is 0 Å². The highest BCUT2D eigenvalue weighted by Gasteiger charge is 2.05. The van der Waals surface area contributed by atoms with Crippen LogP contribution in [0.4, 0.5) is 5.69 Å². The number of hydrogen-bond donors (Lipinski definition) is 3. The molecular formula is C22H30N4O2. The summed E-state index contributed by atoms with van der Waals surface area (Å²) in [6, 6.07) is 14.1. The molecule has 2 rings (SSSR count). The molecular weight excluding hydrogens is 352 g/mol. The summed E-state index contributed by atoms with van der Waals surface area (Å²) in [6.45, 7) is 7.59. The molecule has 0 heterocycles. The molecule has 0 atom stereocenters. The van der Waals surface area contributed by atoms with Crippen molar-refractivity contribution in [1.82, 2.24) is 10.6 Å². The van der Waals surface area contributed by atoms with Gasteiger partial charge in [-0.3, -0.25) is 9.79 Å². The number of anilines is 1. The van der Waals surface area contributed by atoms with Gasteiger partial charge in [0.2, 0.25) is 5.91 Å². The Morgan fingerprint density at radius 1 is 1.11 bits per heavy atom. The fourth-order valence-electron chi connectivity index (χ4n) is 2.78. The van der Waals surface area contributed by atoms with Gasteiger partial charge in [0.15, 0.2) is 5.96 Å². The second-order valence-electron chi connectivity index (χ2n) is 6.52. The van der Waals surface area contributed by atoms with Crippen molar-refractivity contribution in [3.8, 4) is 5.75 Å². The second kappa shape index (κ2) is 11.0. The third-order valence-corrected chi connectivity index (χ3v) is 4.17. The summed E-state index contributed by atoms with van der Waals surface area (Å²) in [7, 11) is 1.76. The Bertz CT molecular complexity index is 801. The lowest BCUT2D eigenvalue weighted by molar-refractivity contribution is -0.114. The molecule has 0 fully saturated rings. The molecule has 0 aliphatic rings. The van der Waals surface area contributed by atoms with Crippen LogP contribution in [0.3, 0.4) is 0 Å². The van der Waals surface area contributed by atoms with Crippen molar-refractivity contribution in [1.29, 1.82) is 0 Å². The number of carbonyl (C=O) groups excluding carboxylic acids is 1. The molecule has 0 saturated carbocycles. The van der Waals surface area contributed by atoms with E-state index in [9.17, 15) is 4.79 Å². The molecule has 0 bridgehead atoms. The van der Waals surface area contributed by atoms with Crippen LogP contribution >= 0.6 is 0 Å². The maximum atomic E-state index is 11.1. The van der Waals surface area contributed by atoms with E-state index in [0.29, 0.717) is 13.2 Å². The van der Waals surface area contributed by atoms with Crippen LogP contribution in [-0.4, -0.2) is 32.1 Å². The summed E-state index contributed by atoms with van der Waals surface area (Å²) in [4.78, 5) is 15.3. The van der Waals surface area contributed by atoms with Crippen LogP contribution in [-0.2, 0) is 17.8 Å². The fraction of sp³-hybridized carbons (Fsp3) is 0.364. The Morgan fingerprint density at radius 3 is 2.50 bits per heavy atom. The summed E-state index contributed by atoms with van der Waals surface area (Å²) in [6.07, 6.45) is 0.857. The number of carbonyl (C=O) groups is 1. The zero-order valence-electron chi connectivity index (χ0n) is 17.1. The predicted octanol–water partition coefficient (Wildman–Crippen LogP) is 3.26. The van der Waals surface area contributed by atoms with Gasteiger partial charge in [-0.25, -0.2) is 0 Å². The molecule has 1 amide bonds. The quantitative estimate of drug-likeness (QED) is 0.484. The minimum Gasteiger partial charge on any atom is -0.494 e. The number of ether oxygens (including phenoxy) is 1. The normalized spacial score (nSPS) is 11.1. The lowest BCUT2D eigenvalue weighted by Crippen LogP contribution is -2.37. The Hall–Kier alpha value is -3.02. The highest BCUT2D eigenvalue weighted by Crippen LogP contribution is 2.20. The molecule has 6 nitrogen and oxygen atoms in total. The SMILES string of the molecule is CCOc1cc(C)ccc1CNC(=NC)NCCc1ccc(NC(C)=O)cc1. The van der Waals surface area contributed by atoms with Gasteiger partial charge in [0.1, 0.15) is 5.75 Å². The van der Waals surface area contributed by atoms with E-state index >= 15 is 0 Å². The molecule has 28 heavy (non-hydrogen) atoms. The van der Waals surface area contributed by atoms with Gasteiger partial charge in [0.25, 0.3) is 0 Å².